The fourth-order valence-electron chi connectivity index (χ4n) is 0. The first-order valence-corrected chi connectivity index (χ1v) is 3.79. The van der Waals surface area contributed by atoms with Crippen molar-refractivity contribution >= 4 is 14.5 Å². The average Bonchev–Trinajstić information content (AvgIpc) is 0.722. The molecule has 0 rings (SSSR count). The molecule has 0 N–H and O–H groups in total. The van der Waals surface area contributed by atoms with Gasteiger partial charge < -0.3 is 0 Å². The van der Waals surface area contributed by atoms with Gasteiger partial charge in [0.25, 0.3) is 0 Å². The molecular weight excluding hydrogens is 312 g/mol. The zero-order chi connectivity index (χ0) is 4.50. The van der Waals surface area contributed by atoms with Gasteiger partial charge >= 0.3 is 77.5 Å². The first-order valence-electron chi connectivity index (χ1n) is 0.730. The monoisotopic (exact) mass is 313 g/mol. The van der Waals surface area contributed by atoms with Crippen LogP contribution in [0.3, 0.4) is 0 Å². The second kappa shape index (κ2) is 3.72. The molecule has 0 aromatic rings. The average molecular weight is 312 g/mol. The van der Waals surface area contributed by atoms with Gasteiger partial charge in [0, 0.05) is 0 Å². The van der Waals surface area contributed by atoms with Gasteiger partial charge in [-0.2, -0.15) is 0 Å². The van der Waals surface area contributed by atoms with Gasteiger partial charge in [0.15, 0.2) is 0 Å². The Labute approximate surface area is 76.2 Å². The second-order valence-corrected chi connectivity index (χ2v) is 2.32. The summed E-state index contributed by atoms with van der Waals surface area (Å²) in [6.45, 7) is 0. The number of hydrogen-bond acceptors (Lipinski definition) is 4. The van der Waals surface area contributed by atoms with Crippen LogP contribution in [-0.4, -0.2) is 14.5 Å². The quantitative estimate of drug-likeness (QED) is 0.426. The van der Waals surface area contributed by atoms with Crippen LogP contribution in [0.4, 0.5) is 0 Å². The third kappa shape index (κ3) is 42.2. The number of hydrogen-bond donors (Lipinski definition) is 0. The Morgan fingerprint density at radius 1 is 1.17 bits per heavy atom. The molecule has 0 unspecified atom stereocenters. The maximum atomic E-state index is 8.61. The standard InChI is InChI=1S/AsH3O4.Yb/c2-1(3,4)5;/h(H3,2,3,4,5);/q;+3/p-3. The van der Waals surface area contributed by atoms with Crippen LogP contribution in [0.25, 0.3) is 0 Å². The first kappa shape index (κ1) is 10.7. The predicted molar refractivity (Wildman–Crippen MR) is 6.44 cm³/mol. The van der Waals surface area contributed by atoms with Crippen molar-refractivity contribution in [2.24, 2.45) is 0 Å². The molecule has 0 aliphatic carbocycles. The van der Waals surface area contributed by atoms with E-state index in [2.05, 4.69) is 0 Å². The summed E-state index contributed by atoms with van der Waals surface area (Å²) in [4.78, 5) is 0. The normalized spacial score (nSPS) is 9.83. The summed E-state index contributed by atoms with van der Waals surface area (Å²) in [5.74, 6) is 0. The van der Waals surface area contributed by atoms with Crippen molar-refractivity contribution in [3.63, 3.8) is 0 Å². The molecule has 0 spiro atoms. The van der Waals surface area contributed by atoms with Crippen molar-refractivity contribution in [3.8, 4) is 0 Å². The Kier molecular flexibility index (Phi) is 6.63. The Hall–Kier alpha value is 1.76. The van der Waals surface area contributed by atoms with E-state index < -0.39 is 14.5 Å². The molecule has 1 radical (unpaired) electrons. The van der Waals surface area contributed by atoms with E-state index >= 15 is 0 Å². The van der Waals surface area contributed by atoms with Gasteiger partial charge in [0.1, 0.15) is 0 Å². The molecule has 0 aliphatic heterocycles. The van der Waals surface area contributed by atoms with E-state index in [1.54, 1.807) is 0 Å². The van der Waals surface area contributed by atoms with Crippen molar-refractivity contribution in [1.29, 1.82) is 0 Å². The molecule has 0 bridgehead atoms. The molecule has 0 heterocycles. The van der Waals surface area contributed by atoms with Crippen molar-refractivity contribution < 1.29 is 62.9 Å². The van der Waals surface area contributed by atoms with E-state index in [1.165, 1.54) is 0 Å². The predicted octanol–water partition coefficient (Wildman–Crippen LogP) is -4.07. The topological polar surface area (TPSA) is 86.2 Å². The molecule has 0 saturated carbocycles. The van der Waals surface area contributed by atoms with Gasteiger partial charge in [-0.15, -0.1) is 0 Å². The van der Waals surface area contributed by atoms with Gasteiger partial charge in [-0.05, 0) is 0 Å². The summed E-state index contributed by atoms with van der Waals surface area (Å²) in [5, 5.41) is 0. The van der Waals surface area contributed by atoms with E-state index in [0.717, 1.165) is 0 Å². The van der Waals surface area contributed by atoms with Crippen molar-refractivity contribution in [2.45, 2.75) is 0 Å². The summed E-state index contributed by atoms with van der Waals surface area (Å²) in [6, 6.07) is 0. The van der Waals surface area contributed by atoms with Gasteiger partial charge in [-0.1, -0.05) is 0 Å². The van der Waals surface area contributed by atoms with Crippen molar-refractivity contribution in [3.05, 3.63) is 0 Å². The molecule has 4 nitrogen and oxygen atoms in total. The maximum Gasteiger partial charge on any atom is 3.00 e. The molecule has 0 aromatic carbocycles. The van der Waals surface area contributed by atoms with E-state index in [4.69, 9.17) is 16.0 Å². The maximum absolute atomic E-state index is 8.61. The van der Waals surface area contributed by atoms with Crippen LogP contribution in [0.15, 0.2) is 0 Å². The van der Waals surface area contributed by atoms with Crippen LogP contribution >= 0.6 is 0 Å². The summed E-state index contributed by atoms with van der Waals surface area (Å²) in [7, 11) is 0. The van der Waals surface area contributed by atoms with Crippen LogP contribution in [-0.2, 0) is 3.74 Å². The molecule has 0 fully saturated rings. The van der Waals surface area contributed by atoms with Crippen molar-refractivity contribution in [1.82, 2.24) is 0 Å². The van der Waals surface area contributed by atoms with E-state index in [-0.39, 0.29) is 46.9 Å². The molecule has 0 aliphatic rings. The van der Waals surface area contributed by atoms with Gasteiger partial charge in [-0.3, -0.25) is 0 Å². The van der Waals surface area contributed by atoms with Gasteiger partial charge in [-0.25, -0.2) is 0 Å². The molecule has 6 heteroatoms. The van der Waals surface area contributed by atoms with Crippen LogP contribution < -0.4 is 12.3 Å². The third-order valence-corrected chi connectivity index (χ3v) is 0. The molecule has 0 amide bonds. The minimum absolute atomic E-state index is 0. The van der Waals surface area contributed by atoms with E-state index in [1.807, 2.05) is 0 Å². The Bertz CT molecular complexity index is 53.7. The second-order valence-electron chi connectivity index (χ2n) is 0.447. The summed E-state index contributed by atoms with van der Waals surface area (Å²) in [5.41, 5.74) is 0. The summed E-state index contributed by atoms with van der Waals surface area (Å²) >= 11 is -5.88. The molecule has 6 heavy (non-hydrogen) atoms. The molecule has 0 aromatic heterocycles. The number of rotatable bonds is 0. The summed E-state index contributed by atoms with van der Waals surface area (Å²) < 4.78 is 34.4. The third-order valence-electron chi connectivity index (χ3n) is 0. The largest absolute Gasteiger partial charge is 3.00 e. The zero-order valence-electron chi connectivity index (χ0n) is 2.35. The molecular formula is AsO4Yb. The van der Waals surface area contributed by atoms with Crippen LogP contribution in [0, 0.1) is 46.9 Å². The minimum atomic E-state index is -5.88. The van der Waals surface area contributed by atoms with Gasteiger partial charge in [0.05, 0.1) is 0 Å². The molecule has 0 saturated heterocycles. The Balaban J connectivity index is 0. The zero-order valence-corrected chi connectivity index (χ0v) is 5.94. The molecule has 0 atom stereocenters. The molecule has 43 valence electrons. The minimum Gasteiger partial charge on any atom is 3.00 e. The Morgan fingerprint density at radius 2 is 1.17 bits per heavy atom. The van der Waals surface area contributed by atoms with E-state index in [9.17, 15) is 0 Å². The van der Waals surface area contributed by atoms with Gasteiger partial charge in [0.2, 0.25) is 0 Å². The fraction of sp³-hybridized carbons (Fsp3) is 0. The van der Waals surface area contributed by atoms with Crippen LogP contribution in [0.2, 0.25) is 0 Å². The van der Waals surface area contributed by atoms with Crippen LogP contribution in [0.5, 0.6) is 0 Å². The van der Waals surface area contributed by atoms with Crippen molar-refractivity contribution in [2.75, 3.05) is 0 Å². The smallest absolute Gasteiger partial charge is 3.00 e. The van der Waals surface area contributed by atoms with Crippen LogP contribution in [0.1, 0.15) is 0 Å². The fourth-order valence-corrected chi connectivity index (χ4v) is 0. The van der Waals surface area contributed by atoms with E-state index in [0.29, 0.717) is 0 Å². The SMILES string of the molecule is O=[As]([O-])([O-])[O-].[Yb+3]. The first-order chi connectivity index (χ1) is 2.00. The summed E-state index contributed by atoms with van der Waals surface area (Å²) in [6.07, 6.45) is 0. The Morgan fingerprint density at radius 3 is 1.17 bits per heavy atom.